The van der Waals surface area contributed by atoms with Crippen molar-refractivity contribution in [2.75, 3.05) is 20.3 Å². The molecule has 25 heavy (non-hydrogen) atoms. The van der Waals surface area contributed by atoms with Crippen LogP contribution in [-0.2, 0) is 4.74 Å². The molecule has 6 heteroatoms. The molecule has 1 N–H and O–H groups in total. The molecule has 0 atom stereocenters. The molecule has 1 aliphatic carbocycles. The Labute approximate surface area is 152 Å². The minimum Gasteiger partial charge on any atom is -0.490 e. The quantitative estimate of drug-likeness (QED) is 0.602. The zero-order valence-electron chi connectivity index (χ0n) is 14.3. The number of nitrogens with zero attached hydrogens (tertiary/aromatic N) is 1. The van der Waals surface area contributed by atoms with Crippen LogP contribution in [0.4, 0.5) is 0 Å². The predicted octanol–water partition coefficient (Wildman–Crippen LogP) is 3.71. The van der Waals surface area contributed by atoms with E-state index in [1.54, 1.807) is 31.3 Å². The molecule has 132 valence electrons. The van der Waals surface area contributed by atoms with Crippen LogP contribution >= 0.6 is 11.6 Å². The average Bonchev–Trinajstić information content (AvgIpc) is 3.42. The summed E-state index contributed by atoms with van der Waals surface area (Å²) in [7, 11) is 1.95. The van der Waals surface area contributed by atoms with Crippen molar-refractivity contribution >= 4 is 17.6 Å². The monoisotopic (exact) mass is 360 g/mol. The van der Waals surface area contributed by atoms with Crippen LogP contribution in [0.1, 0.15) is 30.1 Å². The lowest BCUT2D eigenvalue weighted by Gasteiger charge is -2.16. The Morgan fingerprint density at radius 1 is 1.36 bits per heavy atom. The molecule has 1 heterocycles. The van der Waals surface area contributed by atoms with Gasteiger partial charge in [0.05, 0.1) is 23.9 Å². The van der Waals surface area contributed by atoms with Crippen LogP contribution < -0.4 is 10.1 Å². The van der Waals surface area contributed by atoms with Gasteiger partial charge in [-0.1, -0.05) is 23.7 Å². The fourth-order valence-corrected chi connectivity index (χ4v) is 2.79. The van der Waals surface area contributed by atoms with E-state index in [-0.39, 0.29) is 11.5 Å². The fourth-order valence-electron chi connectivity index (χ4n) is 2.58. The van der Waals surface area contributed by atoms with E-state index >= 15 is 0 Å². The van der Waals surface area contributed by atoms with Gasteiger partial charge in [0.2, 0.25) is 0 Å². The number of carbonyl (C=O) groups excluding carboxylic acids is 1. The van der Waals surface area contributed by atoms with Crippen LogP contribution in [0.5, 0.6) is 5.75 Å². The molecule has 1 saturated carbocycles. The molecule has 0 unspecified atom stereocenters. The second-order valence-corrected chi connectivity index (χ2v) is 6.49. The first-order valence-electron chi connectivity index (χ1n) is 8.32. The zero-order valence-corrected chi connectivity index (χ0v) is 15.1. The average molecular weight is 361 g/mol. The topological polar surface area (TPSA) is 60.5 Å². The molecule has 1 aromatic heterocycles. The van der Waals surface area contributed by atoms with Gasteiger partial charge < -0.3 is 14.8 Å². The lowest BCUT2D eigenvalue weighted by atomic mass is 10.0. The number of nitrogens with one attached hydrogen (secondary N) is 1. The normalized spacial score (nSPS) is 14.8. The zero-order chi connectivity index (χ0) is 17.9. The maximum atomic E-state index is 11.9. The van der Waals surface area contributed by atoms with Crippen molar-refractivity contribution in [1.29, 1.82) is 0 Å². The summed E-state index contributed by atoms with van der Waals surface area (Å²) in [6.45, 7) is 2.71. The Morgan fingerprint density at radius 3 is 2.84 bits per heavy atom. The Bertz CT molecular complexity index is 775. The standard InChI is InChI=1S/C19H21ClN2O3/c1-3-24-18(23)14-6-4-5-13(9-14)16-10-15(11-22-17(16)20)25-12-19(21-2)7-8-19/h4-6,9-11,21H,3,7-8,12H2,1-2H3. The molecule has 0 amide bonds. The van der Waals surface area contributed by atoms with Gasteiger partial charge in [0, 0.05) is 5.56 Å². The number of aromatic nitrogens is 1. The lowest BCUT2D eigenvalue weighted by molar-refractivity contribution is 0.0526. The molecule has 1 fully saturated rings. The largest absolute Gasteiger partial charge is 0.490 e. The van der Waals surface area contributed by atoms with Gasteiger partial charge in [-0.15, -0.1) is 0 Å². The molecule has 0 spiro atoms. The van der Waals surface area contributed by atoms with Crippen molar-refractivity contribution in [3.8, 4) is 16.9 Å². The fraction of sp³-hybridized carbons (Fsp3) is 0.368. The Balaban J connectivity index is 1.83. The van der Waals surface area contributed by atoms with E-state index in [2.05, 4.69) is 10.3 Å². The summed E-state index contributed by atoms with van der Waals surface area (Å²) < 4.78 is 10.9. The smallest absolute Gasteiger partial charge is 0.338 e. The van der Waals surface area contributed by atoms with Gasteiger partial charge in [-0.3, -0.25) is 0 Å². The molecular weight excluding hydrogens is 340 g/mol. The summed E-state index contributed by atoms with van der Waals surface area (Å²) >= 11 is 6.26. The van der Waals surface area contributed by atoms with Crippen molar-refractivity contribution in [3.05, 3.63) is 47.2 Å². The van der Waals surface area contributed by atoms with E-state index < -0.39 is 0 Å². The summed E-state index contributed by atoms with van der Waals surface area (Å²) in [6, 6.07) is 9.00. The first-order chi connectivity index (χ1) is 12.1. The second-order valence-electron chi connectivity index (χ2n) is 6.13. The number of hydrogen-bond donors (Lipinski definition) is 1. The highest BCUT2D eigenvalue weighted by Crippen LogP contribution is 2.36. The van der Waals surface area contributed by atoms with Crippen molar-refractivity contribution in [3.63, 3.8) is 0 Å². The van der Waals surface area contributed by atoms with E-state index in [1.807, 2.05) is 19.2 Å². The highest BCUT2D eigenvalue weighted by Gasteiger charge is 2.41. The van der Waals surface area contributed by atoms with E-state index in [0.717, 1.165) is 24.0 Å². The minimum atomic E-state index is -0.356. The van der Waals surface area contributed by atoms with Gasteiger partial charge in [0.25, 0.3) is 0 Å². The highest BCUT2D eigenvalue weighted by molar-refractivity contribution is 6.32. The summed E-state index contributed by atoms with van der Waals surface area (Å²) in [5.74, 6) is 0.299. The van der Waals surface area contributed by atoms with Crippen LogP contribution in [0, 0.1) is 0 Å². The first kappa shape index (κ1) is 17.7. The molecule has 5 nitrogen and oxygen atoms in total. The molecule has 2 aromatic rings. The van der Waals surface area contributed by atoms with Crippen molar-refractivity contribution in [1.82, 2.24) is 10.3 Å². The third-order valence-electron chi connectivity index (χ3n) is 4.40. The van der Waals surface area contributed by atoms with E-state index in [0.29, 0.717) is 29.7 Å². The van der Waals surface area contributed by atoms with E-state index in [4.69, 9.17) is 21.1 Å². The summed E-state index contributed by atoms with van der Waals surface area (Å²) in [4.78, 5) is 16.1. The summed E-state index contributed by atoms with van der Waals surface area (Å²) in [5.41, 5.74) is 2.08. The van der Waals surface area contributed by atoms with Gasteiger partial charge in [-0.25, -0.2) is 9.78 Å². The van der Waals surface area contributed by atoms with Gasteiger partial charge in [0.15, 0.2) is 0 Å². The molecule has 0 saturated heterocycles. The van der Waals surface area contributed by atoms with Crippen LogP contribution in [-0.4, -0.2) is 36.8 Å². The molecule has 0 aliphatic heterocycles. The lowest BCUT2D eigenvalue weighted by Crippen LogP contribution is -2.33. The van der Waals surface area contributed by atoms with Crippen LogP contribution in [0.2, 0.25) is 5.15 Å². The van der Waals surface area contributed by atoms with E-state index in [1.165, 1.54) is 0 Å². The van der Waals surface area contributed by atoms with E-state index in [9.17, 15) is 4.79 Å². The Kier molecular flexibility index (Phi) is 5.25. The maximum Gasteiger partial charge on any atom is 0.338 e. The molecule has 1 aliphatic rings. The van der Waals surface area contributed by atoms with Gasteiger partial charge in [0.1, 0.15) is 17.5 Å². The third-order valence-corrected chi connectivity index (χ3v) is 4.70. The number of benzene rings is 1. The van der Waals surface area contributed by atoms with Gasteiger partial charge in [-0.2, -0.15) is 0 Å². The number of likely N-dealkylation sites (N-methyl/N-ethyl adjacent to an activating group) is 1. The Morgan fingerprint density at radius 2 is 2.16 bits per heavy atom. The number of rotatable bonds is 7. The van der Waals surface area contributed by atoms with Crippen LogP contribution in [0.25, 0.3) is 11.1 Å². The number of esters is 1. The van der Waals surface area contributed by atoms with Crippen LogP contribution in [0.3, 0.4) is 0 Å². The van der Waals surface area contributed by atoms with Gasteiger partial charge >= 0.3 is 5.97 Å². The number of ether oxygens (including phenoxy) is 2. The number of carbonyl (C=O) groups is 1. The number of pyridine rings is 1. The minimum absolute atomic E-state index is 0.0869. The van der Waals surface area contributed by atoms with Crippen molar-refractivity contribution in [2.24, 2.45) is 0 Å². The third kappa shape index (κ3) is 4.11. The van der Waals surface area contributed by atoms with Gasteiger partial charge in [-0.05, 0) is 50.6 Å². The second kappa shape index (κ2) is 7.42. The highest BCUT2D eigenvalue weighted by atomic mass is 35.5. The number of hydrogen-bond acceptors (Lipinski definition) is 5. The van der Waals surface area contributed by atoms with Crippen molar-refractivity contribution in [2.45, 2.75) is 25.3 Å². The SMILES string of the molecule is CCOC(=O)c1cccc(-c2cc(OCC3(NC)CC3)cnc2Cl)c1. The van der Waals surface area contributed by atoms with Crippen LogP contribution in [0.15, 0.2) is 36.5 Å². The molecular formula is C19H21ClN2O3. The predicted molar refractivity (Wildman–Crippen MR) is 97.2 cm³/mol. The maximum absolute atomic E-state index is 11.9. The molecule has 0 radical (unpaired) electrons. The summed E-state index contributed by atoms with van der Waals surface area (Å²) in [5, 5.41) is 3.65. The summed E-state index contributed by atoms with van der Waals surface area (Å²) in [6.07, 6.45) is 3.84. The van der Waals surface area contributed by atoms with Crippen molar-refractivity contribution < 1.29 is 14.3 Å². The first-order valence-corrected chi connectivity index (χ1v) is 8.69. The molecule has 1 aromatic carbocycles. The molecule has 0 bridgehead atoms. The number of halogens is 1. The molecule has 3 rings (SSSR count). The Hall–Kier alpha value is -2.11.